The fraction of sp³-hybridized carbons (Fsp3) is 0.583. The van der Waals surface area contributed by atoms with Crippen molar-refractivity contribution in [3.05, 3.63) is 16.3 Å². The number of methoxy groups -OCH3 is 1. The van der Waals surface area contributed by atoms with Crippen molar-refractivity contribution in [3.63, 3.8) is 0 Å². The van der Waals surface area contributed by atoms with Gasteiger partial charge in [0, 0.05) is 20.2 Å². The topological polar surface area (TPSA) is 83.9 Å². The number of sulfonamides is 1. The first kappa shape index (κ1) is 15.4. The quantitative estimate of drug-likeness (QED) is 0.889. The summed E-state index contributed by atoms with van der Waals surface area (Å²) in [4.78, 5) is 10.9. The molecule has 1 aromatic heterocycles. The third kappa shape index (κ3) is 3.03. The molecule has 1 fully saturated rings. The molecule has 0 aromatic carbocycles. The number of ether oxygens (including phenoxy) is 1. The Hall–Kier alpha value is -0.960. The second-order valence-electron chi connectivity index (χ2n) is 4.75. The molecule has 112 valence electrons. The fourth-order valence-electron chi connectivity index (χ4n) is 2.41. The molecule has 1 aliphatic heterocycles. The number of aromatic carboxylic acids is 1. The van der Waals surface area contributed by atoms with E-state index in [1.165, 1.54) is 15.8 Å². The molecule has 1 atom stereocenters. The summed E-state index contributed by atoms with van der Waals surface area (Å²) in [5, 5.41) is 10.6. The van der Waals surface area contributed by atoms with Crippen LogP contribution in [0.15, 0.2) is 16.3 Å². The van der Waals surface area contributed by atoms with Gasteiger partial charge in [-0.15, -0.1) is 11.3 Å². The molecule has 6 nitrogen and oxygen atoms in total. The van der Waals surface area contributed by atoms with Crippen molar-refractivity contribution in [3.8, 4) is 0 Å². The van der Waals surface area contributed by atoms with E-state index in [0.29, 0.717) is 19.7 Å². The van der Waals surface area contributed by atoms with Crippen molar-refractivity contribution in [1.29, 1.82) is 0 Å². The summed E-state index contributed by atoms with van der Waals surface area (Å²) in [7, 11) is -2.15. The summed E-state index contributed by atoms with van der Waals surface area (Å²) in [6.07, 6.45) is 1.69. The third-order valence-electron chi connectivity index (χ3n) is 3.33. The Kier molecular flexibility index (Phi) is 4.79. The fourth-order valence-corrected chi connectivity index (χ4v) is 5.20. The summed E-state index contributed by atoms with van der Waals surface area (Å²) in [5.41, 5.74) is 0. The molecule has 20 heavy (non-hydrogen) atoms. The SMILES string of the molecule is COCC1CCCN(S(=O)(=O)c2ccsc2C(=O)O)C1. The highest BCUT2D eigenvalue weighted by atomic mass is 32.2. The highest BCUT2D eigenvalue weighted by molar-refractivity contribution is 7.89. The minimum Gasteiger partial charge on any atom is -0.477 e. The van der Waals surface area contributed by atoms with Gasteiger partial charge in [0.2, 0.25) is 10.0 Å². The number of hydrogen-bond acceptors (Lipinski definition) is 5. The van der Waals surface area contributed by atoms with Crippen LogP contribution in [0.5, 0.6) is 0 Å². The molecule has 1 aromatic rings. The summed E-state index contributed by atoms with van der Waals surface area (Å²) in [6.45, 7) is 1.32. The molecule has 0 saturated carbocycles. The number of thiophene rings is 1. The maximum atomic E-state index is 12.6. The minimum atomic E-state index is -3.74. The Morgan fingerprint density at radius 2 is 2.35 bits per heavy atom. The van der Waals surface area contributed by atoms with Crippen molar-refractivity contribution >= 4 is 27.3 Å². The predicted molar refractivity (Wildman–Crippen MR) is 74.6 cm³/mol. The molecule has 0 aliphatic carbocycles. The van der Waals surface area contributed by atoms with E-state index in [2.05, 4.69) is 0 Å². The number of rotatable bonds is 5. The predicted octanol–water partition coefficient (Wildman–Crippen LogP) is 1.49. The number of carbonyl (C=O) groups is 1. The van der Waals surface area contributed by atoms with Crippen LogP contribution in [0.25, 0.3) is 0 Å². The van der Waals surface area contributed by atoms with Gasteiger partial charge in [-0.05, 0) is 30.2 Å². The first-order valence-electron chi connectivity index (χ1n) is 6.26. The maximum absolute atomic E-state index is 12.6. The molecule has 1 aliphatic rings. The summed E-state index contributed by atoms with van der Waals surface area (Å²) >= 11 is 0.930. The van der Waals surface area contributed by atoms with Crippen molar-refractivity contribution in [2.24, 2.45) is 5.92 Å². The van der Waals surface area contributed by atoms with E-state index < -0.39 is 16.0 Å². The van der Waals surface area contributed by atoms with Crippen molar-refractivity contribution in [2.75, 3.05) is 26.8 Å². The Morgan fingerprint density at radius 3 is 3.00 bits per heavy atom. The van der Waals surface area contributed by atoms with Gasteiger partial charge in [-0.2, -0.15) is 4.31 Å². The molecule has 2 rings (SSSR count). The maximum Gasteiger partial charge on any atom is 0.347 e. The van der Waals surface area contributed by atoms with Gasteiger partial charge in [0.25, 0.3) is 0 Å². The van der Waals surface area contributed by atoms with Crippen LogP contribution in [0, 0.1) is 5.92 Å². The summed E-state index contributed by atoms with van der Waals surface area (Å²) < 4.78 is 31.6. The molecule has 1 N–H and O–H groups in total. The zero-order chi connectivity index (χ0) is 14.8. The second kappa shape index (κ2) is 6.21. The van der Waals surface area contributed by atoms with Crippen molar-refractivity contribution in [2.45, 2.75) is 17.7 Å². The van der Waals surface area contributed by atoms with Gasteiger partial charge in [0.1, 0.15) is 9.77 Å². The van der Waals surface area contributed by atoms with Gasteiger partial charge in [0.05, 0.1) is 6.61 Å². The smallest absolute Gasteiger partial charge is 0.347 e. The van der Waals surface area contributed by atoms with E-state index in [1.807, 2.05) is 0 Å². The van der Waals surface area contributed by atoms with Gasteiger partial charge < -0.3 is 9.84 Å². The largest absolute Gasteiger partial charge is 0.477 e. The highest BCUT2D eigenvalue weighted by Crippen LogP contribution is 2.28. The van der Waals surface area contributed by atoms with Gasteiger partial charge in [-0.1, -0.05) is 0 Å². The van der Waals surface area contributed by atoms with Crippen LogP contribution >= 0.6 is 11.3 Å². The van der Waals surface area contributed by atoms with Crippen LogP contribution in [-0.2, 0) is 14.8 Å². The number of hydrogen-bond donors (Lipinski definition) is 1. The molecule has 0 bridgehead atoms. The Bertz CT molecular complexity index is 578. The molecule has 1 saturated heterocycles. The van der Waals surface area contributed by atoms with Crippen molar-refractivity contribution < 1.29 is 23.1 Å². The Labute approximate surface area is 122 Å². The highest BCUT2D eigenvalue weighted by Gasteiger charge is 2.33. The zero-order valence-corrected chi connectivity index (χ0v) is 12.7. The molecular weight excluding hydrogens is 302 g/mol. The third-order valence-corrected chi connectivity index (χ3v) is 6.26. The first-order valence-corrected chi connectivity index (χ1v) is 8.58. The van der Waals surface area contributed by atoms with Gasteiger partial charge in [0.15, 0.2) is 0 Å². The van der Waals surface area contributed by atoms with Gasteiger partial charge in [-0.3, -0.25) is 0 Å². The lowest BCUT2D eigenvalue weighted by Crippen LogP contribution is -2.41. The second-order valence-corrected chi connectivity index (χ2v) is 7.57. The van der Waals surface area contributed by atoms with E-state index in [1.54, 1.807) is 7.11 Å². The molecule has 8 heteroatoms. The molecule has 2 heterocycles. The average molecular weight is 319 g/mol. The van der Waals surface area contributed by atoms with E-state index in [-0.39, 0.29) is 15.7 Å². The van der Waals surface area contributed by atoms with Gasteiger partial charge >= 0.3 is 5.97 Å². The molecule has 1 unspecified atom stereocenters. The molecule has 0 radical (unpaired) electrons. The summed E-state index contributed by atoms with van der Waals surface area (Å²) in [6, 6.07) is 1.36. The van der Waals surface area contributed by atoms with Crippen molar-refractivity contribution in [1.82, 2.24) is 4.31 Å². The van der Waals surface area contributed by atoms with E-state index in [4.69, 9.17) is 9.84 Å². The van der Waals surface area contributed by atoms with Crippen LogP contribution in [0.2, 0.25) is 0 Å². The Balaban J connectivity index is 2.25. The molecule has 0 spiro atoms. The van der Waals surface area contributed by atoms with E-state index >= 15 is 0 Å². The summed E-state index contributed by atoms with van der Waals surface area (Å²) in [5.74, 6) is -1.04. The van der Waals surface area contributed by atoms with Gasteiger partial charge in [-0.25, -0.2) is 13.2 Å². The van der Waals surface area contributed by atoms with E-state index in [0.717, 1.165) is 24.2 Å². The molecule has 0 amide bonds. The molecular formula is C12H17NO5S2. The minimum absolute atomic E-state index is 0.104. The average Bonchev–Trinajstić information content (AvgIpc) is 2.89. The monoisotopic (exact) mass is 319 g/mol. The first-order chi connectivity index (χ1) is 9.46. The number of carboxylic acid groups (broad SMARTS) is 1. The lowest BCUT2D eigenvalue weighted by molar-refractivity contribution is 0.0698. The van der Waals surface area contributed by atoms with Crippen LogP contribution in [-0.4, -0.2) is 50.6 Å². The van der Waals surface area contributed by atoms with Crippen LogP contribution < -0.4 is 0 Å². The number of nitrogens with zero attached hydrogens (tertiary/aromatic N) is 1. The standard InChI is InChI=1S/C12H17NO5S2/c1-18-8-9-3-2-5-13(7-9)20(16,17)10-4-6-19-11(10)12(14)15/h4,6,9H,2-3,5,7-8H2,1H3,(H,14,15). The Morgan fingerprint density at radius 1 is 1.60 bits per heavy atom. The number of carboxylic acids is 1. The van der Waals surface area contributed by atoms with E-state index in [9.17, 15) is 13.2 Å². The number of piperidine rings is 1. The lowest BCUT2D eigenvalue weighted by atomic mass is 10.0. The van der Waals surface area contributed by atoms with Crippen LogP contribution in [0.1, 0.15) is 22.5 Å². The normalized spacial score (nSPS) is 20.9. The van der Waals surface area contributed by atoms with Crippen LogP contribution in [0.4, 0.5) is 0 Å². The van der Waals surface area contributed by atoms with Crippen LogP contribution in [0.3, 0.4) is 0 Å². The lowest BCUT2D eigenvalue weighted by Gasteiger charge is -2.31. The zero-order valence-electron chi connectivity index (χ0n) is 11.1.